The highest BCUT2D eigenvalue weighted by Gasteiger charge is 2.08. The van der Waals surface area contributed by atoms with E-state index in [1.807, 2.05) is 5.43 Å². The summed E-state index contributed by atoms with van der Waals surface area (Å²) in [5.74, 6) is -0.434. The van der Waals surface area contributed by atoms with Gasteiger partial charge in [0, 0.05) is 4.47 Å². The van der Waals surface area contributed by atoms with Crippen molar-refractivity contribution in [2.24, 2.45) is 5.73 Å². The van der Waals surface area contributed by atoms with Crippen LogP contribution < -0.4 is 16.6 Å². The van der Waals surface area contributed by atoms with Crippen molar-refractivity contribution in [2.75, 3.05) is 0 Å². The first kappa shape index (κ1) is 10.5. The lowest BCUT2D eigenvalue weighted by molar-refractivity contribution is 0.0936. The standard InChI is InChI=1S/C8H8BrN3O2/c9-6-4-2-1-3-5(6)7(13)11-12-8(10)14/h1-4H,(H,11,13)(H3,10,12,14). The molecule has 74 valence electrons. The van der Waals surface area contributed by atoms with Crippen molar-refractivity contribution < 1.29 is 9.59 Å². The highest BCUT2D eigenvalue weighted by atomic mass is 79.9. The summed E-state index contributed by atoms with van der Waals surface area (Å²) in [6.07, 6.45) is 0. The van der Waals surface area contributed by atoms with Gasteiger partial charge < -0.3 is 5.73 Å². The number of nitrogens with two attached hydrogens (primary N) is 1. The number of amides is 3. The van der Waals surface area contributed by atoms with E-state index in [1.54, 1.807) is 24.3 Å². The molecule has 0 radical (unpaired) electrons. The molecule has 0 heterocycles. The predicted molar refractivity (Wildman–Crippen MR) is 54.3 cm³/mol. The number of nitrogens with one attached hydrogen (secondary N) is 2. The fourth-order valence-electron chi connectivity index (χ4n) is 0.831. The number of carbonyl (C=O) groups is 2. The van der Waals surface area contributed by atoms with Gasteiger partial charge in [0.15, 0.2) is 0 Å². The number of carbonyl (C=O) groups excluding carboxylic acids is 2. The number of benzene rings is 1. The largest absolute Gasteiger partial charge is 0.350 e. The Morgan fingerprint density at radius 3 is 2.43 bits per heavy atom. The molecule has 0 atom stereocenters. The molecule has 14 heavy (non-hydrogen) atoms. The Hall–Kier alpha value is -1.56. The van der Waals surface area contributed by atoms with Gasteiger partial charge in [0.25, 0.3) is 5.91 Å². The lowest BCUT2D eigenvalue weighted by atomic mass is 10.2. The van der Waals surface area contributed by atoms with Crippen LogP contribution in [-0.2, 0) is 0 Å². The average molecular weight is 258 g/mol. The summed E-state index contributed by atoms with van der Waals surface area (Å²) in [6, 6.07) is 6.01. The van der Waals surface area contributed by atoms with Gasteiger partial charge >= 0.3 is 6.03 Å². The molecule has 3 amide bonds. The molecule has 0 unspecified atom stereocenters. The maximum atomic E-state index is 11.4. The fraction of sp³-hybridized carbons (Fsp3) is 0. The summed E-state index contributed by atoms with van der Waals surface area (Å²) < 4.78 is 0.642. The van der Waals surface area contributed by atoms with Crippen LogP contribution in [0, 0.1) is 0 Å². The van der Waals surface area contributed by atoms with Crippen LogP contribution >= 0.6 is 15.9 Å². The molecule has 4 N–H and O–H groups in total. The van der Waals surface area contributed by atoms with Gasteiger partial charge in [0.2, 0.25) is 0 Å². The van der Waals surface area contributed by atoms with E-state index in [4.69, 9.17) is 5.73 Å². The summed E-state index contributed by atoms with van der Waals surface area (Å²) in [6.45, 7) is 0. The molecule has 0 aliphatic carbocycles. The van der Waals surface area contributed by atoms with Gasteiger partial charge in [-0.05, 0) is 28.1 Å². The third-order valence-corrected chi connectivity index (χ3v) is 2.11. The first-order valence-corrected chi connectivity index (χ1v) is 4.51. The molecule has 0 aromatic heterocycles. The maximum Gasteiger partial charge on any atom is 0.330 e. The molecule has 1 aromatic rings. The predicted octanol–water partition coefficient (Wildman–Crippen LogP) is 0.762. The molecular formula is C8H8BrN3O2. The monoisotopic (exact) mass is 257 g/mol. The van der Waals surface area contributed by atoms with Crippen molar-refractivity contribution >= 4 is 27.9 Å². The number of hydrogen-bond donors (Lipinski definition) is 3. The minimum atomic E-state index is -0.814. The average Bonchev–Trinajstić information content (AvgIpc) is 2.15. The molecule has 1 rings (SSSR count). The highest BCUT2D eigenvalue weighted by molar-refractivity contribution is 9.10. The minimum absolute atomic E-state index is 0.418. The van der Waals surface area contributed by atoms with E-state index in [9.17, 15) is 9.59 Å². The van der Waals surface area contributed by atoms with Crippen molar-refractivity contribution in [1.82, 2.24) is 10.9 Å². The van der Waals surface area contributed by atoms with E-state index in [0.717, 1.165) is 0 Å². The van der Waals surface area contributed by atoms with Crippen LogP contribution in [0.5, 0.6) is 0 Å². The molecule has 0 aliphatic heterocycles. The first-order valence-electron chi connectivity index (χ1n) is 3.71. The van der Waals surface area contributed by atoms with Crippen LogP contribution in [0.15, 0.2) is 28.7 Å². The third-order valence-electron chi connectivity index (χ3n) is 1.42. The zero-order valence-corrected chi connectivity index (χ0v) is 8.67. The van der Waals surface area contributed by atoms with Crippen LogP contribution in [0.25, 0.3) is 0 Å². The Kier molecular flexibility index (Phi) is 3.47. The summed E-state index contributed by atoms with van der Waals surface area (Å²) >= 11 is 3.20. The van der Waals surface area contributed by atoms with E-state index in [1.165, 1.54) is 0 Å². The SMILES string of the molecule is NC(=O)NNC(=O)c1ccccc1Br. The van der Waals surface area contributed by atoms with Crippen LogP contribution in [0.3, 0.4) is 0 Å². The summed E-state index contributed by atoms with van der Waals surface area (Å²) in [5.41, 5.74) is 9.33. The third kappa shape index (κ3) is 2.74. The Balaban J connectivity index is 2.70. The fourth-order valence-corrected chi connectivity index (χ4v) is 1.30. The summed E-state index contributed by atoms with van der Waals surface area (Å²) in [5, 5.41) is 0. The van der Waals surface area contributed by atoms with E-state index in [-0.39, 0.29) is 0 Å². The highest BCUT2D eigenvalue weighted by Crippen LogP contribution is 2.14. The second-order valence-corrected chi connectivity index (χ2v) is 3.28. The first-order chi connectivity index (χ1) is 6.61. The van der Waals surface area contributed by atoms with Gasteiger partial charge in [0.05, 0.1) is 5.56 Å². The van der Waals surface area contributed by atoms with Gasteiger partial charge in [-0.1, -0.05) is 12.1 Å². The molecule has 0 aliphatic rings. The maximum absolute atomic E-state index is 11.4. The number of hydrazine groups is 1. The second-order valence-electron chi connectivity index (χ2n) is 2.42. The summed E-state index contributed by atoms with van der Waals surface area (Å²) in [4.78, 5) is 21.7. The van der Waals surface area contributed by atoms with E-state index in [0.29, 0.717) is 10.0 Å². The smallest absolute Gasteiger partial charge is 0.330 e. The van der Waals surface area contributed by atoms with Crippen LogP contribution in [0.4, 0.5) is 4.79 Å². The van der Waals surface area contributed by atoms with Crippen molar-refractivity contribution in [3.05, 3.63) is 34.3 Å². The van der Waals surface area contributed by atoms with Gasteiger partial charge in [-0.2, -0.15) is 0 Å². The molecule has 0 fully saturated rings. The van der Waals surface area contributed by atoms with Crippen molar-refractivity contribution in [3.63, 3.8) is 0 Å². The van der Waals surface area contributed by atoms with Crippen LogP contribution in [0.1, 0.15) is 10.4 Å². The Bertz CT molecular complexity index is 367. The second kappa shape index (κ2) is 4.61. The molecule has 1 aromatic carbocycles. The lowest BCUT2D eigenvalue weighted by Crippen LogP contribution is -2.44. The van der Waals surface area contributed by atoms with Crippen molar-refractivity contribution in [1.29, 1.82) is 0 Å². The van der Waals surface area contributed by atoms with Crippen LogP contribution in [0.2, 0.25) is 0 Å². The Labute approximate surface area is 88.8 Å². The molecule has 6 heteroatoms. The number of primary amides is 1. The van der Waals surface area contributed by atoms with E-state index in [2.05, 4.69) is 21.4 Å². The number of rotatable bonds is 1. The zero-order chi connectivity index (χ0) is 10.6. The van der Waals surface area contributed by atoms with Gasteiger partial charge in [-0.25, -0.2) is 10.2 Å². The molecule has 0 spiro atoms. The Morgan fingerprint density at radius 1 is 1.21 bits per heavy atom. The van der Waals surface area contributed by atoms with E-state index < -0.39 is 11.9 Å². The number of halogens is 1. The van der Waals surface area contributed by atoms with Gasteiger partial charge in [0.1, 0.15) is 0 Å². The molecule has 5 nitrogen and oxygen atoms in total. The van der Waals surface area contributed by atoms with Gasteiger partial charge in [-0.15, -0.1) is 0 Å². The molecule has 0 saturated heterocycles. The Morgan fingerprint density at radius 2 is 1.86 bits per heavy atom. The molecule has 0 saturated carbocycles. The lowest BCUT2D eigenvalue weighted by Gasteiger charge is -2.05. The summed E-state index contributed by atoms with van der Waals surface area (Å²) in [7, 11) is 0. The molecule has 0 bridgehead atoms. The number of urea groups is 1. The van der Waals surface area contributed by atoms with E-state index >= 15 is 0 Å². The minimum Gasteiger partial charge on any atom is -0.350 e. The molecular weight excluding hydrogens is 250 g/mol. The zero-order valence-electron chi connectivity index (χ0n) is 7.08. The number of hydrogen-bond acceptors (Lipinski definition) is 2. The van der Waals surface area contributed by atoms with Crippen molar-refractivity contribution in [2.45, 2.75) is 0 Å². The quantitative estimate of drug-likeness (QED) is 0.650. The van der Waals surface area contributed by atoms with Gasteiger partial charge in [-0.3, -0.25) is 10.2 Å². The van der Waals surface area contributed by atoms with Crippen molar-refractivity contribution in [3.8, 4) is 0 Å². The topological polar surface area (TPSA) is 84.2 Å². The normalized spacial score (nSPS) is 9.21. The van der Waals surface area contributed by atoms with Crippen LogP contribution in [-0.4, -0.2) is 11.9 Å².